The molecule has 1 aromatic carbocycles. The molecule has 2 rings (SSSR count). The Morgan fingerprint density at radius 3 is 2.71 bits per heavy atom. The monoisotopic (exact) mass is 311 g/mol. The largest absolute Gasteiger partial charge is 0.456 e. The van der Waals surface area contributed by atoms with Gasteiger partial charge in [0.15, 0.2) is 6.29 Å². The van der Waals surface area contributed by atoms with Crippen molar-refractivity contribution < 1.29 is 9.53 Å². The molecule has 0 aliphatic rings. The lowest BCUT2D eigenvalue weighted by atomic mass is 10.2. The second-order valence-corrected chi connectivity index (χ2v) is 4.56. The molecule has 86 valence electrons. The van der Waals surface area contributed by atoms with Crippen LogP contribution in [-0.4, -0.2) is 11.3 Å². The fourth-order valence-electron chi connectivity index (χ4n) is 1.25. The summed E-state index contributed by atoms with van der Waals surface area (Å²) in [6, 6.07) is 6.66. The summed E-state index contributed by atoms with van der Waals surface area (Å²) < 4.78 is 6.37. The first kappa shape index (κ1) is 12.1. The second-order valence-electron chi connectivity index (χ2n) is 3.24. The van der Waals surface area contributed by atoms with Crippen molar-refractivity contribution in [2.75, 3.05) is 0 Å². The summed E-state index contributed by atoms with van der Waals surface area (Å²) in [5, 5.41) is 0.362. The van der Waals surface area contributed by atoms with Crippen molar-refractivity contribution in [3.8, 4) is 11.5 Å². The summed E-state index contributed by atoms with van der Waals surface area (Å²) in [6.45, 7) is 0. The number of aldehydes is 1. The Kier molecular flexibility index (Phi) is 3.76. The fourth-order valence-corrected chi connectivity index (χ4v) is 1.81. The van der Waals surface area contributed by atoms with Gasteiger partial charge >= 0.3 is 0 Å². The van der Waals surface area contributed by atoms with Crippen LogP contribution in [0.15, 0.2) is 41.1 Å². The average molecular weight is 313 g/mol. The Labute approximate surface area is 112 Å². The highest BCUT2D eigenvalue weighted by Gasteiger charge is 2.03. The van der Waals surface area contributed by atoms with Crippen LogP contribution in [0.5, 0.6) is 11.5 Å². The van der Waals surface area contributed by atoms with E-state index in [-0.39, 0.29) is 0 Å². The van der Waals surface area contributed by atoms with Gasteiger partial charge in [-0.2, -0.15) is 0 Å². The predicted molar refractivity (Wildman–Crippen MR) is 68.9 cm³/mol. The first-order chi connectivity index (χ1) is 8.19. The standard InChI is InChI=1S/C12H7BrClNO2/c13-9-3-11(6-15-5-9)17-10-2-1-8(7-16)12(14)4-10/h1-7H. The van der Waals surface area contributed by atoms with Crippen LogP contribution < -0.4 is 4.74 Å². The molecule has 0 saturated carbocycles. The maximum atomic E-state index is 10.6. The maximum Gasteiger partial charge on any atom is 0.151 e. The molecule has 1 heterocycles. The third-order valence-electron chi connectivity index (χ3n) is 2.01. The van der Waals surface area contributed by atoms with Crippen molar-refractivity contribution in [1.82, 2.24) is 4.98 Å². The number of hydrogen-bond donors (Lipinski definition) is 0. The van der Waals surface area contributed by atoms with E-state index in [2.05, 4.69) is 20.9 Å². The van der Waals surface area contributed by atoms with E-state index >= 15 is 0 Å². The molecule has 3 nitrogen and oxygen atoms in total. The van der Waals surface area contributed by atoms with E-state index in [1.165, 1.54) is 0 Å². The molecule has 0 bridgehead atoms. The highest BCUT2D eigenvalue weighted by Crippen LogP contribution is 2.26. The molecular formula is C12H7BrClNO2. The van der Waals surface area contributed by atoms with Gasteiger partial charge < -0.3 is 4.74 Å². The molecule has 0 amide bonds. The minimum Gasteiger partial charge on any atom is -0.456 e. The molecule has 0 spiro atoms. The van der Waals surface area contributed by atoms with Crippen LogP contribution in [0.3, 0.4) is 0 Å². The normalized spacial score (nSPS) is 10.0. The maximum absolute atomic E-state index is 10.6. The zero-order chi connectivity index (χ0) is 12.3. The number of halogens is 2. The SMILES string of the molecule is O=Cc1ccc(Oc2cncc(Br)c2)cc1Cl. The second kappa shape index (κ2) is 5.29. The van der Waals surface area contributed by atoms with Crippen LogP contribution in [0, 0.1) is 0 Å². The van der Waals surface area contributed by atoms with Gasteiger partial charge in [0.1, 0.15) is 11.5 Å². The third kappa shape index (κ3) is 3.05. The molecular weight excluding hydrogens is 305 g/mol. The zero-order valence-electron chi connectivity index (χ0n) is 8.56. The Balaban J connectivity index is 2.24. The Hall–Kier alpha value is -1.39. The first-order valence-electron chi connectivity index (χ1n) is 4.72. The van der Waals surface area contributed by atoms with Crippen molar-refractivity contribution in [2.24, 2.45) is 0 Å². The Bertz CT molecular complexity index is 560. The summed E-state index contributed by atoms with van der Waals surface area (Å²) in [6.07, 6.45) is 3.95. The van der Waals surface area contributed by atoms with E-state index in [1.54, 1.807) is 36.7 Å². The summed E-state index contributed by atoms with van der Waals surface area (Å²) >= 11 is 9.19. The average Bonchev–Trinajstić information content (AvgIpc) is 2.29. The van der Waals surface area contributed by atoms with Crippen LogP contribution in [0.1, 0.15) is 10.4 Å². The Morgan fingerprint density at radius 1 is 1.24 bits per heavy atom. The van der Waals surface area contributed by atoms with Gasteiger partial charge in [-0.25, -0.2) is 0 Å². The Morgan fingerprint density at radius 2 is 2.06 bits per heavy atom. The molecule has 0 radical (unpaired) electrons. The number of ether oxygens (including phenoxy) is 1. The molecule has 0 unspecified atom stereocenters. The van der Waals surface area contributed by atoms with Crippen LogP contribution in [0.4, 0.5) is 0 Å². The first-order valence-corrected chi connectivity index (χ1v) is 5.89. The predicted octanol–water partition coefficient (Wildman–Crippen LogP) is 4.10. The number of carbonyl (C=O) groups is 1. The van der Waals surface area contributed by atoms with E-state index in [0.29, 0.717) is 28.4 Å². The quantitative estimate of drug-likeness (QED) is 0.801. The highest BCUT2D eigenvalue weighted by molar-refractivity contribution is 9.10. The number of carbonyl (C=O) groups excluding carboxylic acids is 1. The number of pyridine rings is 1. The fraction of sp³-hybridized carbons (Fsp3) is 0. The van der Waals surface area contributed by atoms with Crippen LogP contribution in [0.2, 0.25) is 5.02 Å². The lowest BCUT2D eigenvalue weighted by Crippen LogP contribution is -1.87. The van der Waals surface area contributed by atoms with Gasteiger partial charge in [-0.05, 0) is 34.1 Å². The van der Waals surface area contributed by atoms with Gasteiger partial charge in [0.2, 0.25) is 0 Å². The van der Waals surface area contributed by atoms with Crippen LogP contribution in [-0.2, 0) is 0 Å². The van der Waals surface area contributed by atoms with Gasteiger partial charge in [-0.3, -0.25) is 9.78 Å². The van der Waals surface area contributed by atoms with E-state index in [9.17, 15) is 4.79 Å². The van der Waals surface area contributed by atoms with Crippen molar-refractivity contribution in [3.63, 3.8) is 0 Å². The molecule has 2 aromatic rings. The summed E-state index contributed by atoms with van der Waals surface area (Å²) in [5.74, 6) is 1.15. The molecule has 0 aliphatic carbocycles. The molecule has 5 heteroatoms. The van der Waals surface area contributed by atoms with Gasteiger partial charge in [0, 0.05) is 22.3 Å². The molecule has 0 N–H and O–H groups in total. The zero-order valence-corrected chi connectivity index (χ0v) is 10.9. The number of nitrogens with zero attached hydrogens (tertiary/aromatic N) is 1. The lowest BCUT2D eigenvalue weighted by molar-refractivity contribution is 0.112. The van der Waals surface area contributed by atoms with E-state index in [4.69, 9.17) is 16.3 Å². The van der Waals surface area contributed by atoms with E-state index in [0.717, 1.165) is 4.47 Å². The summed E-state index contributed by atoms with van der Waals surface area (Å²) in [4.78, 5) is 14.6. The van der Waals surface area contributed by atoms with Gasteiger partial charge in [0.05, 0.1) is 11.2 Å². The smallest absolute Gasteiger partial charge is 0.151 e. The summed E-state index contributed by atoms with van der Waals surface area (Å²) in [5.41, 5.74) is 0.436. The lowest BCUT2D eigenvalue weighted by Gasteiger charge is -2.06. The minimum atomic E-state index is 0.362. The third-order valence-corrected chi connectivity index (χ3v) is 2.78. The van der Waals surface area contributed by atoms with Gasteiger partial charge in [-0.15, -0.1) is 0 Å². The highest BCUT2D eigenvalue weighted by atomic mass is 79.9. The van der Waals surface area contributed by atoms with Gasteiger partial charge in [0.25, 0.3) is 0 Å². The van der Waals surface area contributed by atoms with Gasteiger partial charge in [-0.1, -0.05) is 11.6 Å². The van der Waals surface area contributed by atoms with E-state index in [1.807, 2.05) is 0 Å². The van der Waals surface area contributed by atoms with Crippen molar-refractivity contribution in [2.45, 2.75) is 0 Å². The van der Waals surface area contributed by atoms with Crippen LogP contribution in [0.25, 0.3) is 0 Å². The summed E-state index contributed by atoms with van der Waals surface area (Å²) in [7, 11) is 0. The molecule has 0 saturated heterocycles. The van der Waals surface area contributed by atoms with Crippen molar-refractivity contribution >= 4 is 33.8 Å². The number of rotatable bonds is 3. The molecule has 0 atom stereocenters. The molecule has 17 heavy (non-hydrogen) atoms. The molecule has 0 fully saturated rings. The van der Waals surface area contributed by atoms with Crippen LogP contribution >= 0.6 is 27.5 Å². The number of hydrogen-bond acceptors (Lipinski definition) is 3. The van der Waals surface area contributed by atoms with Crippen molar-refractivity contribution in [3.05, 3.63) is 51.7 Å². The number of benzene rings is 1. The molecule has 0 aliphatic heterocycles. The van der Waals surface area contributed by atoms with Crippen molar-refractivity contribution in [1.29, 1.82) is 0 Å². The minimum absolute atomic E-state index is 0.362. The van der Waals surface area contributed by atoms with E-state index < -0.39 is 0 Å². The topological polar surface area (TPSA) is 39.2 Å². The number of aromatic nitrogens is 1. The molecule has 1 aromatic heterocycles.